The van der Waals surface area contributed by atoms with Crippen LogP contribution in [0.2, 0.25) is 0 Å². The molecule has 0 unspecified atom stereocenters. The number of benzene rings is 1. The van der Waals surface area contributed by atoms with Gasteiger partial charge in [0, 0.05) is 22.5 Å². The molecule has 0 aliphatic heterocycles. The van der Waals surface area contributed by atoms with E-state index in [9.17, 15) is 14.4 Å². The second kappa shape index (κ2) is 6.48. The van der Waals surface area contributed by atoms with E-state index in [2.05, 4.69) is 10.3 Å². The van der Waals surface area contributed by atoms with Gasteiger partial charge in [0.25, 0.3) is 11.5 Å². The fourth-order valence-corrected chi connectivity index (χ4v) is 3.37. The number of primary amides is 1. The molecule has 0 aliphatic carbocycles. The Balaban J connectivity index is 1.87. The van der Waals surface area contributed by atoms with Gasteiger partial charge in [0.1, 0.15) is 5.56 Å². The lowest BCUT2D eigenvalue weighted by molar-refractivity contribution is -0.117. The number of anilines is 1. The van der Waals surface area contributed by atoms with Crippen molar-refractivity contribution in [2.45, 2.75) is 20.3 Å². The van der Waals surface area contributed by atoms with Gasteiger partial charge in [-0.25, -0.2) is 4.98 Å². The quantitative estimate of drug-likeness (QED) is 0.741. The van der Waals surface area contributed by atoms with Crippen LogP contribution in [0.5, 0.6) is 0 Å². The molecule has 3 N–H and O–H groups in total. The maximum Gasteiger partial charge on any atom is 0.271 e. The first-order valence-corrected chi connectivity index (χ1v) is 8.35. The maximum absolute atomic E-state index is 12.6. The van der Waals surface area contributed by atoms with Gasteiger partial charge in [-0.05, 0) is 31.5 Å². The van der Waals surface area contributed by atoms with Gasteiger partial charge in [-0.2, -0.15) is 0 Å². The summed E-state index contributed by atoms with van der Waals surface area (Å²) in [6, 6.07) is 6.70. The van der Waals surface area contributed by atoms with Crippen molar-refractivity contribution in [2.75, 3.05) is 5.32 Å². The molecule has 2 aromatic heterocycles. The molecule has 0 bridgehead atoms. The average Bonchev–Trinajstić information content (AvgIpc) is 2.84. The molecule has 128 valence electrons. The minimum atomic E-state index is -0.530. The smallest absolute Gasteiger partial charge is 0.271 e. The number of rotatable bonds is 4. The Kier molecular flexibility index (Phi) is 4.37. The Labute approximate surface area is 147 Å². The molecule has 0 radical (unpaired) electrons. The number of nitrogens with zero attached hydrogens (tertiary/aromatic N) is 2. The van der Waals surface area contributed by atoms with E-state index in [0.717, 1.165) is 16.1 Å². The van der Waals surface area contributed by atoms with Crippen molar-refractivity contribution < 1.29 is 9.59 Å². The van der Waals surface area contributed by atoms with Crippen LogP contribution < -0.4 is 16.6 Å². The molecule has 0 saturated carbocycles. The van der Waals surface area contributed by atoms with E-state index >= 15 is 0 Å². The summed E-state index contributed by atoms with van der Waals surface area (Å²) < 4.78 is 1.45. The lowest BCUT2D eigenvalue weighted by Crippen LogP contribution is -2.26. The molecule has 1 aromatic carbocycles. The number of aryl methyl sites for hydroxylation is 2. The average molecular weight is 356 g/mol. The summed E-state index contributed by atoms with van der Waals surface area (Å²) in [4.78, 5) is 41.7. The lowest BCUT2D eigenvalue weighted by atomic mass is 10.1. The van der Waals surface area contributed by atoms with Gasteiger partial charge in [-0.1, -0.05) is 12.1 Å². The van der Waals surface area contributed by atoms with Crippen LogP contribution in [0, 0.1) is 13.8 Å². The summed E-state index contributed by atoms with van der Waals surface area (Å²) in [5.41, 5.74) is 6.76. The van der Waals surface area contributed by atoms with Crippen molar-refractivity contribution in [2.24, 2.45) is 5.73 Å². The number of amides is 2. The Morgan fingerprint density at radius 2 is 1.92 bits per heavy atom. The largest absolute Gasteiger partial charge is 0.369 e. The third-order valence-corrected chi connectivity index (χ3v) is 4.93. The second-order valence-corrected chi connectivity index (χ2v) is 6.81. The molecule has 7 nitrogen and oxygen atoms in total. The summed E-state index contributed by atoms with van der Waals surface area (Å²) in [5, 5.41) is 2.67. The highest BCUT2D eigenvalue weighted by atomic mass is 32.1. The predicted molar refractivity (Wildman–Crippen MR) is 96.1 cm³/mol. The number of hydrogen-bond donors (Lipinski definition) is 2. The molecule has 3 rings (SSSR count). The lowest BCUT2D eigenvalue weighted by Gasteiger charge is -2.06. The topological polar surface area (TPSA) is 107 Å². The third-order valence-electron chi connectivity index (χ3n) is 3.85. The molecular formula is C17H16N4O3S. The Bertz CT molecular complexity index is 1030. The molecule has 0 fully saturated rings. The normalized spacial score (nSPS) is 10.8. The standard InChI is InChI=1S/C17H16N4O3S/c1-9-10(2)25-17-19-8-13(16(24)21(9)17)15(23)20-12-5-3-11(4-6-12)7-14(18)22/h3-6,8H,7H2,1-2H3,(H2,18,22)(H,20,23). The summed E-state index contributed by atoms with van der Waals surface area (Å²) >= 11 is 1.41. The minimum absolute atomic E-state index is 0.0281. The monoisotopic (exact) mass is 356 g/mol. The van der Waals surface area contributed by atoms with Crippen LogP contribution in [0.3, 0.4) is 0 Å². The molecule has 2 amide bonds. The molecule has 8 heteroatoms. The highest BCUT2D eigenvalue weighted by molar-refractivity contribution is 7.17. The predicted octanol–water partition coefficient (Wildman–Crippen LogP) is 1.65. The van der Waals surface area contributed by atoms with Crippen molar-refractivity contribution in [1.82, 2.24) is 9.38 Å². The van der Waals surface area contributed by atoms with Gasteiger partial charge < -0.3 is 11.1 Å². The highest BCUT2D eigenvalue weighted by Gasteiger charge is 2.16. The Hall–Kier alpha value is -3.00. The van der Waals surface area contributed by atoms with E-state index < -0.39 is 17.4 Å². The fraction of sp³-hybridized carbons (Fsp3) is 0.176. The number of carbonyl (C=O) groups excluding carboxylic acids is 2. The van der Waals surface area contributed by atoms with Gasteiger partial charge in [0.15, 0.2) is 4.96 Å². The van der Waals surface area contributed by atoms with Crippen LogP contribution in [0.4, 0.5) is 5.69 Å². The molecule has 2 heterocycles. The van der Waals surface area contributed by atoms with Crippen LogP contribution in [0.15, 0.2) is 35.3 Å². The number of fused-ring (bicyclic) bond motifs is 1. The second-order valence-electron chi connectivity index (χ2n) is 5.63. The van der Waals surface area contributed by atoms with Crippen LogP contribution in [0.25, 0.3) is 4.96 Å². The van der Waals surface area contributed by atoms with E-state index in [0.29, 0.717) is 10.6 Å². The van der Waals surface area contributed by atoms with E-state index in [1.54, 1.807) is 24.3 Å². The molecule has 3 aromatic rings. The van der Waals surface area contributed by atoms with E-state index in [4.69, 9.17) is 5.73 Å². The summed E-state index contributed by atoms with van der Waals surface area (Å²) in [7, 11) is 0. The first-order chi connectivity index (χ1) is 11.9. The summed E-state index contributed by atoms with van der Waals surface area (Å²) in [6.45, 7) is 3.72. The van der Waals surface area contributed by atoms with Crippen molar-refractivity contribution in [3.05, 3.63) is 62.5 Å². The highest BCUT2D eigenvalue weighted by Crippen LogP contribution is 2.18. The van der Waals surface area contributed by atoms with Crippen molar-refractivity contribution in [3.8, 4) is 0 Å². The number of nitrogens with two attached hydrogens (primary N) is 1. The van der Waals surface area contributed by atoms with Crippen molar-refractivity contribution in [3.63, 3.8) is 0 Å². The zero-order chi connectivity index (χ0) is 18.1. The molecule has 0 atom stereocenters. The van der Waals surface area contributed by atoms with Gasteiger partial charge in [-0.3, -0.25) is 18.8 Å². The Morgan fingerprint density at radius 3 is 2.56 bits per heavy atom. The van der Waals surface area contributed by atoms with Crippen molar-refractivity contribution in [1.29, 1.82) is 0 Å². The SMILES string of the molecule is Cc1sc2ncc(C(=O)Nc3ccc(CC(N)=O)cc3)c(=O)n2c1C. The van der Waals surface area contributed by atoms with E-state index in [1.165, 1.54) is 21.9 Å². The van der Waals surface area contributed by atoms with Crippen LogP contribution in [0.1, 0.15) is 26.5 Å². The van der Waals surface area contributed by atoms with Crippen LogP contribution in [-0.4, -0.2) is 21.2 Å². The zero-order valence-electron chi connectivity index (χ0n) is 13.7. The Morgan fingerprint density at radius 1 is 1.24 bits per heavy atom. The van der Waals surface area contributed by atoms with E-state index in [-0.39, 0.29) is 12.0 Å². The summed E-state index contributed by atoms with van der Waals surface area (Å²) in [6.07, 6.45) is 1.43. The van der Waals surface area contributed by atoms with Gasteiger partial charge in [-0.15, -0.1) is 11.3 Å². The van der Waals surface area contributed by atoms with Crippen LogP contribution >= 0.6 is 11.3 Å². The number of hydrogen-bond acceptors (Lipinski definition) is 5. The fourth-order valence-electron chi connectivity index (χ4n) is 2.44. The molecule has 0 spiro atoms. The molecule has 0 aliphatic rings. The first-order valence-electron chi connectivity index (χ1n) is 7.53. The maximum atomic E-state index is 12.6. The number of aromatic nitrogens is 2. The van der Waals surface area contributed by atoms with Crippen LogP contribution in [-0.2, 0) is 11.2 Å². The van der Waals surface area contributed by atoms with Gasteiger partial charge in [0.2, 0.25) is 5.91 Å². The number of carbonyl (C=O) groups is 2. The minimum Gasteiger partial charge on any atom is -0.369 e. The summed E-state index contributed by atoms with van der Waals surface area (Å²) in [5.74, 6) is -0.955. The first kappa shape index (κ1) is 16.8. The van der Waals surface area contributed by atoms with Gasteiger partial charge in [0.05, 0.1) is 6.42 Å². The number of thiazole rings is 1. The van der Waals surface area contributed by atoms with Crippen molar-refractivity contribution >= 4 is 33.8 Å². The third kappa shape index (κ3) is 3.29. The molecule has 0 saturated heterocycles. The number of nitrogens with one attached hydrogen (secondary N) is 1. The van der Waals surface area contributed by atoms with Gasteiger partial charge >= 0.3 is 0 Å². The molecular weight excluding hydrogens is 340 g/mol. The van der Waals surface area contributed by atoms with E-state index in [1.807, 2.05) is 13.8 Å². The molecule has 25 heavy (non-hydrogen) atoms. The zero-order valence-corrected chi connectivity index (χ0v) is 14.5.